The lowest BCUT2D eigenvalue weighted by atomic mass is 9.90. The SMILES string of the molecule is CC1COCCC1C(=O)OC(C)(C)C. The molecule has 0 bridgehead atoms. The molecule has 1 saturated heterocycles. The summed E-state index contributed by atoms with van der Waals surface area (Å²) in [6, 6.07) is 0. The van der Waals surface area contributed by atoms with E-state index in [1.807, 2.05) is 27.7 Å². The molecule has 0 aromatic carbocycles. The Balaban J connectivity index is 2.50. The molecule has 0 saturated carbocycles. The minimum absolute atomic E-state index is 0.0166. The van der Waals surface area contributed by atoms with Crippen molar-refractivity contribution >= 4 is 5.97 Å². The topological polar surface area (TPSA) is 35.5 Å². The molecule has 1 rings (SSSR count). The summed E-state index contributed by atoms with van der Waals surface area (Å²) in [6.07, 6.45) is 0.788. The maximum atomic E-state index is 11.7. The number of hydrogen-bond acceptors (Lipinski definition) is 3. The molecule has 0 aliphatic carbocycles. The van der Waals surface area contributed by atoms with E-state index in [4.69, 9.17) is 9.47 Å². The number of carbonyl (C=O) groups is 1. The molecule has 1 fully saturated rings. The average molecular weight is 200 g/mol. The molecule has 0 radical (unpaired) electrons. The number of rotatable bonds is 1. The van der Waals surface area contributed by atoms with Gasteiger partial charge in [0.05, 0.1) is 5.92 Å². The molecular weight excluding hydrogens is 180 g/mol. The highest BCUT2D eigenvalue weighted by Gasteiger charge is 2.31. The summed E-state index contributed by atoms with van der Waals surface area (Å²) in [4.78, 5) is 11.7. The van der Waals surface area contributed by atoms with E-state index in [1.54, 1.807) is 0 Å². The van der Waals surface area contributed by atoms with E-state index in [2.05, 4.69) is 0 Å². The number of hydrogen-bond donors (Lipinski definition) is 0. The fourth-order valence-electron chi connectivity index (χ4n) is 1.61. The Hall–Kier alpha value is -0.570. The van der Waals surface area contributed by atoms with Gasteiger partial charge >= 0.3 is 5.97 Å². The highest BCUT2D eigenvalue weighted by atomic mass is 16.6. The van der Waals surface area contributed by atoms with Gasteiger partial charge in [-0.25, -0.2) is 0 Å². The third-order valence-electron chi connectivity index (χ3n) is 2.35. The van der Waals surface area contributed by atoms with E-state index in [9.17, 15) is 4.79 Å². The van der Waals surface area contributed by atoms with Gasteiger partial charge in [-0.3, -0.25) is 4.79 Å². The lowest BCUT2D eigenvalue weighted by Crippen LogP contribution is -2.36. The minimum Gasteiger partial charge on any atom is -0.460 e. The molecule has 3 heteroatoms. The fourth-order valence-corrected chi connectivity index (χ4v) is 1.61. The number of carbonyl (C=O) groups excluding carboxylic acids is 1. The van der Waals surface area contributed by atoms with Gasteiger partial charge in [0.1, 0.15) is 5.60 Å². The van der Waals surface area contributed by atoms with Crippen LogP contribution in [-0.2, 0) is 14.3 Å². The van der Waals surface area contributed by atoms with Gasteiger partial charge in [-0.1, -0.05) is 6.92 Å². The lowest BCUT2D eigenvalue weighted by Gasteiger charge is -2.30. The molecule has 1 aliphatic rings. The summed E-state index contributed by atoms with van der Waals surface area (Å²) in [5.74, 6) is 0.217. The van der Waals surface area contributed by atoms with Crippen LogP contribution in [0, 0.1) is 11.8 Å². The van der Waals surface area contributed by atoms with Gasteiger partial charge in [-0.15, -0.1) is 0 Å². The highest BCUT2D eigenvalue weighted by molar-refractivity contribution is 5.73. The Morgan fingerprint density at radius 3 is 2.57 bits per heavy atom. The Labute approximate surface area is 85.8 Å². The van der Waals surface area contributed by atoms with Crippen LogP contribution in [0.2, 0.25) is 0 Å². The molecule has 0 aromatic heterocycles. The molecule has 0 aromatic rings. The van der Waals surface area contributed by atoms with Crippen molar-refractivity contribution in [2.24, 2.45) is 11.8 Å². The molecule has 14 heavy (non-hydrogen) atoms. The van der Waals surface area contributed by atoms with E-state index < -0.39 is 0 Å². The lowest BCUT2D eigenvalue weighted by molar-refractivity contribution is -0.166. The summed E-state index contributed by atoms with van der Waals surface area (Å²) < 4.78 is 10.6. The molecule has 82 valence electrons. The zero-order chi connectivity index (χ0) is 10.8. The van der Waals surface area contributed by atoms with Crippen molar-refractivity contribution in [2.45, 2.75) is 39.7 Å². The van der Waals surface area contributed by atoms with Gasteiger partial charge < -0.3 is 9.47 Å². The molecule has 0 N–H and O–H groups in total. The zero-order valence-corrected chi connectivity index (χ0v) is 9.50. The Bertz CT molecular complexity index is 205. The normalized spacial score (nSPS) is 28.6. The maximum absolute atomic E-state index is 11.7. The molecule has 0 spiro atoms. The molecule has 2 unspecified atom stereocenters. The zero-order valence-electron chi connectivity index (χ0n) is 9.50. The monoisotopic (exact) mass is 200 g/mol. The minimum atomic E-state index is -0.380. The van der Waals surface area contributed by atoms with Crippen LogP contribution in [0.15, 0.2) is 0 Å². The van der Waals surface area contributed by atoms with E-state index in [1.165, 1.54) is 0 Å². The van der Waals surface area contributed by atoms with Crippen LogP contribution in [0.25, 0.3) is 0 Å². The third kappa shape index (κ3) is 3.29. The maximum Gasteiger partial charge on any atom is 0.309 e. The van der Waals surface area contributed by atoms with Crippen molar-refractivity contribution in [3.8, 4) is 0 Å². The van der Waals surface area contributed by atoms with Crippen LogP contribution in [0.1, 0.15) is 34.1 Å². The predicted octanol–water partition coefficient (Wildman–Crippen LogP) is 2.00. The van der Waals surface area contributed by atoms with Crippen LogP contribution in [0.5, 0.6) is 0 Å². The van der Waals surface area contributed by atoms with Gasteiger partial charge in [0.25, 0.3) is 0 Å². The van der Waals surface area contributed by atoms with Crippen molar-refractivity contribution in [3.63, 3.8) is 0 Å². The van der Waals surface area contributed by atoms with Crippen molar-refractivity contribution in [2.75, 3.05) is 13.2 Å². The molecule has 0 amide bonds. The smallest absolute Gasteiger partial charge is 0.309 e. The van der Waals surface area contributed by atoms with E-state index in [0.717, 1.165) is 6.42 Å². The van der Waals surface area contributed by atoms with Crippen molar-refractivity contribution in [3.05, 3.63) is 0 Å². The van der Waals surface area contributed by atoms with Gasteiger partial charge in [-0.05, 0) is 33.1 Å². The van der Waals surface area contributed by atoms with Gasteiger partial charge in [0, 0.05) is 13.2 Å². The summed E-state index contributed by atoms with van der Waals surface area (Å²) in [6.45, 7) is 9.07. The third-order valence-corrected chi connectivity index (χ3v) is 2.35. The molecule has 2 atom stereocenters. The standard InChI is InChI=1S/C11H20O3/c1-8-7-13-6-5-9(8)10(12)14-11(2,3)4/h8-9H,5-7H2,1-4H3. The molecule has 1 aliphatic heterocycles. The summed E-state index contributed by atoms with van der Waals surface area (Å²) in [7, 11) is 0. The number of ether oxygens (including phenoxy) is 2. The van der Waals surface area contributed by atoms with E-state index >= 15 is 0 Å². The first-order chi connectivity index (χ1) is 6.40. The quantitative estimate of drug-likeness (QED) is 0.607. The summed E-state index contributed by atoms with van der Waals surface area (Å²) in [5, 5.41) is 0. The first kappa shape index (κ1) is 11.5. The van der Waals surface area contributed by atoms with E-state index in [0.29, 0.717) is 13.2 Å². The van der Waals surface area contributed by atoms with Crippen LogP contribution in [0.4, 0.5) is 0 Å². The van der Waals surface area contributed by atoms with E-state index in [-0.39, 0.29) is 23.4 Å². The van der Waals surface area contributed by atoms with Gasteiger partial charge in [0.15, 0.2) is 0 Å². The molecule has 1 heterocycles. The Morgan fingerprint density at radius 1 is 1.43 bits per heavy atom. The van der Waals surface area contributed by atoms with Crippen LogP contribution < -0.4 is 0 Å². The predicted molar refractivity (Wildman–Crippen MR) is 53.9 cm³/mol. The molecule has 3 nitrogen and oxygen atoms in total. The van der Waals surface area contributed by atoms with Crippen molar-refractivity contribution in [1.82, 2.24) is 0 Å². The molecular formula is C11H20O3. The van der Waals surface area contributed by atoms with Crippen molar-refractivity contribution < 1.29 is 14.3 Å². The first-order valence-electron chi connectivity index (χ1n) is 5.21. The van der Waals surface area contributed by atoms with Crippen LogP contribution in [-0.4, -0.2) is 24.8 Å². The largest absolute Gasteiger partial charge is 0.460 e. The van der Waals surface area contributed by atoms with Crippen molar-refractivity contribution in [1.29, 1.82) is 0 Å². The van der Waals surface area contributed by atoms with Crippen LogP contribution >= 0.6 is 0 Å². The fraction of sp³-hybridized carbons (Fsp3) is 0.909. The number of esters is 1. The average Bonchev–Trinajstić information content (AvgIpc) is 2.01. The summed E-state index contributed by atoms with van der Waals surface area (Å²) in [5.41, 5.74) is -0.380. The second-order valence-corrected chi connectivity index (χ2v) is 4.98. The second-order valence-electron chi connectivity index (χ2n) is 4.98. The highest BCUT2D eigenvalue weighted by Crippen LogP contribution is 2.24. The Kier molecular flexibility index (Phi) is 3.53. The second kappa shape index (κ2) is 4.30. The van der Waals surface area contributed by atoms with Gasteiger partial charge in [0.2, 0.25) is 0 Å². The Morgan fingerprint density at radius 2 is 2.07 bits per heavy atom. The van der Waals surface area contributed by atoms with Crippen LogP contribution in [0.3, 0.4) is 0 Å². The first-order valence-corrected chi connectivity index (χ1v) is 5.21. The summed E-state index contributed by atoms with van der Waals surface area (Å²) >= 11 is 0. The van der Waals surface area contributed by atoms with Gasteiger partial charge in [-0.2, -0.15) is 0 Å².